The smallest absolute Gasteiger partial charge is 0.128 e. The summed E-state index contributed by atoms with van der Waals surface area (Å²) >= 11 is 0. The van der Waals surface area contributed by atoms with Crippen LogP contribution < -0.4 is 10.1 Å². The Morgan fingerprint density at radius 1 is 1.41 bits per heavy atom. The first kappa shape index (κ1) is 12.0. The molecule has 92 valence electrons. The maximum atomic E-state index is 5.46. The molecule has 0 aliphatic carbocycles. The van der Waals surface area contributed by atoms with Crippen molar-refractivity contribution in [1.82, 2.24) is 9.88 Å². The van der Waals surface area contributed by atoms with Crippen LogP contribution in [0.1, 0.15) is 12.5 Å². The van der Waals surface area contributed by atoms with E-state index in [9.17, 15) is 0 Å². The molecule has 0 saturated carbocycles. The molecule has 2 aromatic rings. The Kier molecular flexibility index (Phi) is 3.38. The van der Waals surface area contributed by atoms with Gasteiger partial charge >= 0.3 is 0 Å². The number of fused-ring (bicyclic) bond motifs is 1. The molecule has 17 heavy (non-hydrogen) atoms. The van der Waals surface area contributed by atoms with Crippen LogP contribution in [0.5, 0.6) is 5.75 Å². The molecule has 0 radical (unpaired) electrons. The molecule has 0 aliphatic heterocycles. The van der Waals surface area contributed by atoms with Crippen molar-refractivity contribution < 1.29 is 4.74 Å². The number of nitrogens with zero attached hydrogens (tertiary/aromatic N) is 1. The Morgan fingerprint density at radius 2 is 2.18 bits per heavy atom. The zero-order valence-corrected chi connectivity index (χ0v) is 10.9. The standard InChI is InChI=1S/C14H20N2O/c1-10(15-2)8-11-9-16(3)12-6-5-7-13(17-4)14(11)12/h5-7,9-10,15H,8H2,1-4H3. The Morgan fingerprint density at radius 3 is 2.82 bits per heavy atom. The summed E-state index contributed by atoms with van der Waals surface area (Å²) in [7, 11) is 5.80. The molecule has 1 N–H and O–H groups in total. The van der Waals surface area contributed by atoms with E-state index in [1.165, 1.54) is 16.5 Å². The average Bonchev–Trinajstić information content (AvgIpc) is 2.66. The lowest BCUT2D eigenvalue weighted by Crippen LogP contribution is -2.23. The fourth-order valence-electron chi connectivity index (χ4n) is 2.26. The molecule has 1 heterocycles. The van der Waals surface area contributed by atoms with Crippen molar-refractivity contribution in [3.8, 4) is 5.75 Å². The number of hydrogen-bond acceptors (Lipinski definition) is 2. The second-order valence-corrected chi connectivity index (χ2v) is 4.51. The number of nitrogens with one attached hydrogen (secondary N) is 1. The van der Waals surface area contributed by atoms with Crippen LogP contribution in [-0.4, -0.2) is 24.8 Å². The quantitative estimate of drug-likeness (QED) is 0.875. The third-order valence-corrected chi connectivity index (χ3v) is 3.29. The fraction of sp³-hybridized carbons (Fsp3) is 0.429. The van der Waals surface area contributed by atoms with Crippen molar-refractivity contribution in [3.63, 3.8) is 0 Å². The highest BCUT2D eigenvalue weighted by Crippen LogP contribution is 2.30. The molecule has 2 rings (SSSR count). The molecular formula is C14H20N2O. The minimum Gasteiger partial charge on any atom is -0.496 e. The van der Waals surface area contributed by atoms with Crippen molar-refractivity contribution in [3.05, 3.63) is 30.0 Å². The molecule has 0 aliphatic rings. The summed E-state index contributed by atoms with van der Waals surface area (Å²) in [6.45, 7) is 2.19. The molecule has 0 bridgehead atoms. The summed E-state index contributed by atoms with van der Waals surface area (Å²) < 4.78 is 7.63. The molecule has 1 atom stereocenters. The maximum Gasteiger partial charge on any atom is 0.128 e. The van der Waals surface area contributed by atoms with Crippen molar-refractivity contribution in [1.29, 1.82) is 0 Å². The lowest BCUT2D eigenvalue weighted by Gasteiger charge is -2.10. The van der Waals surface area contributed by atoms with Gasteiger partial charge in [-0.1, -0.05) is 6.07 Å². The third-order valence-electron chi connectivity index (χ3n) is 3.29. The molecule has 3 heteroatoms. The van der Waals surface area contributed by atoms with E-state index < -0.39 is 0 Å². The summed E-state index contributed by atoms with van der Waals surface area (Å²) in [5, 5.41) is 4.51. The molecular weight excluding hydrogens is 212 g/mol. The second-order valence-electron chi connectivity index (χ2n) is 4.51. The number of rotatable bonds is 4. The summed E-state index contributed by atoms with van der Waals surface area (Å²) in [5.74, 6) is 0.960. The van der Waals surface area contributed by atoms with Crippen molar-refractivity contribution >= 4 is 10.9 Å². The number of aromatic nitrogens is 1. The van der Waals surface area contributed by atoms with Gasteiger partial charge in [-0.25, -0.2) is 0 Å². The zero-order chi connectivity index (χ0) is 12.4. The van der Waals surface area contributed by atoms with E-state index in [1.807, 2.05) is 19.2 Å². The molecule has 3 nitrogen and oxygen atoms in total. The third kappa shape index (κ3) is 2.15. The van der Waals surface area contributed by atoms with Crippen LogP contribution in [0.4, 0.5) is 0 Å². The van der Waals surface area contributed by atoms with Crippen LogP contribution in [0.25, 0.3) is 10.9 Å². The largest absolute Gasteiger partial charge is 0.496 e. The predicted octanol–water partition coefficient (Wildman–Crippen LogP) is 2.34. The molecule has 0 fully saturated rings. The summed E-state index contributed by atoms with van der Waals surface area (Å²) in [4.78, 5) is 0. The van der Waals surface area contributed by atoms with E-state index in [0.29, 0.717) is 6.04 Å². The van der Waals surface area contributed by atoms with Crippen molar-refractivity contribution in [2.24, 2.45) is 7.05 Å². The first-order chi connectivity index (χ1) is 8.17. The molecule has 0 saturated heterocycles. The number of likely N-dealkylation sites (N-methyl/N-ethyl adjacent to an activating group) is 1. The van der Waals surface area contributed by atoms with Gasteiger partial charge in [0.25, 0.3) is 0 Å². The number of hydrogen-bond donors (Lipinski definition) is 1. The van der Waals surface area contributed by atoms with Gasteiger partial charge in [-0.05, 0) is 38.1 Å². The van der Waals surface area contributed by atoms with Crippen LogP contribution in [-0.2, 0) is 13.5 Å². The lowest BCUT2D eigenvalue weighted by atomic mass is 10.1. The molecule has 1 unspecified atom stereocenters. The van der Waals surface area contributed by atoms with Crippen LogP contribution in [0.15, 0.2) is 24.4 Å². The Balaban J connectivity index is 2.55. The van der Waals surface area contributed by atoms with Crippen LogP contribution >= 0.6 is 0 Å². The van der Waals surface area contributed by atoms with Gasteiger partial charge in [-0.15, -0.1) is 0 Å². The number of benzene rings is 1. The topological polar surface area (TPSA) is 26.2 Å². The summed E-state index contributed by atoms with van der Waals surface area (Å²) in [6.07, 6.45) is 3.20. The number of aryl methyl sites for hydroxylation is 1. The minimum atomic E-state index is 0.463. The normalized spacial score (nSPS) is 12.9. The van der Waals surface area contributed by atoms with Crippen LogP contribution in [0.3, 0.4) is 0 Å². The zero-order valence-electron chi connectivity index (χ0n) is 10.9. The van der Waals surface area contributed by atoms with Gasteiger partial charge in [-0.3, -0.25) is 0 Å². The molecule has 0 amide bonds. The van der Waals surface area contributed by atoms with E-state index in [-0.39, 0.29) is 0 Å². The Labute approximate surface area is 102 Å². The van der Waals surface area contributed by atoms with Gasteiger partial charge in [0.05, 0.1) is 12.6 Å². The van der Waals surface area contributed by atoms with E-state index in [1.54, 1.807) is 7.11 Å². The minimum absolute atomic E-state index is 0.463. The van der Waals surface area contributed by atoms with Gasteiger partial charge in [0, 0.05) is 24.7 Å². The second kappa shape index (κ2) is 4.80. The average molecular weight is 232 g/mol. The molecule has 1 aromatic carbocycles. The van der Waals surface area contributed by atoms with Gasteiger partial charge in [0.2, 0.25) is 0 Å². The monoisotopic (exact) mass is 232 g/mol. The molecule has 0 spiro atoms. The van der Waals surface area contributed by atoms with E-state index >= 15 is 0 Å². The number of methoxy groups -OCH3 is 1. The van der Waals surface area contributed by atoms with Crippen LogP contribution in [0, 0.1) is 0 Å². The first-order valence-corrected chi connectivity index (χ1v) is 5.95. The Hall–Kier alpha value is -1.48. The number of ether oxygens (including phenoxy) is 1. The van der Waals surface area contributed by atoms with Gasteiger partial charge < -0.3 is 14.6 Å². The van der Waals surface area contributed by atoms with E-state index in [4.69, 9.17) is 4.74 Å². The lowest BCUT2D eigenvalue weighted by molar-refractivity contribution is 0.419. The first-order valence-electron chi connectivity index (χ1n) is 5.95. The van der Waals surface area contributed by atoms with Gasteiger partial charge in [0.1, 0.15) is 5.75 Å². The summed E-state index contributed by atoms with van der Waals surface area (Å²) in [5.41, 5.74) is 2.56. The predicted molar refractivity (Wildman–Crippen MR) is 71.7 cm³/mol. The Bertz CT molecular complexity index is 516. The summed E-state index contributed by atoms with van der Waals surface area (Å²) in [6, 6.07) is 6.65. The van der Waals surface area contributed by atoms with Crippen LogP contribution in [0.2, 0.25) is 0 Å². The van der Waals surface area contributed by atoms with E-state index in [2.05, 4.69) is 36.1 Å². The highest BCUT2D eigenvalue weighted by atomic mass is 16.5. The SMILES string of the molecule is CNC(C)Cc1cn(C)c2cccc(OC)c12. The fourth-order valence-corrected chi connectivity index (χ4v) is 2.26. The van der Waals surface area contributed by atoms with Crippen molar-refractivity contribution in [2.45, 2.75) is 19.4 Å². The van der Waals surface area contributed by atoms with Gasteiger partial charge in [0.15, 0.2) is 0 Å². The van der Waals surface area contributed by atoms with Gasteiger partial charge in [-0.2, -0.15) is 0 Å². The van der Waals surface area contributed by atoms with E-state index in [0.717, 1.165) is 12.2 Å². The maximum absolute atomic E-state index is 5.46. The highest BCUT2D eigenvalue weighted by molar-refractivity contribution is 5.90. The van der Waals surface area contributed by atoms with Crippen molar-refractivity contribution in [2.75, 3.05) is 14.2 Å². The molecule has 1 aromatic heterocycles. The highest BCUT2D eigenvalue weighted by Gasteiger charge is 2.12.